The van der Waals surface area contributed by atoms with Gasteiger partial charge in [-0.2, -0.15) is 5.10 Å². The number of hydrogen-bond donors (Lipinski definition) is 1. The lowest BCUT2D eigenvalue weighted by Gasteiger charge is -2.22. The van der Waals surface area contributed by atoms with Crippen LogP contribution in [-0.4, -0.2) is 29.1 Å². The van der Waals surface area contributed by atoms with Gasteiger partial charge >= 0.3 is 0 Å². The van der Waals surface area contributed by atoms with Gasteiger partial charge in [-0.25, -0.2) is 13.8 Å². The Hall–Kier alpha value is -3.58. The molecule has 0 fully saturated rings. The molecule has 3 aromatic rings. The van der Waals surface area contributed by atoms with Gasteiger partial charge < -0.3 is 5.32 Å². The molecule has 162 valence electrons. The van der Waals surface area contributed by atoms with Crippen molar-refractivity contribution in [2.24, 2.45) is 5.10 Å². The molecule has 3 aromatic carbocycles. The average Bonchev–Trinajstić information content (AvgIpc) is 3.23. The van der Waals surface area contributed by atoms with Crippen LogP contribution in [0.2, 0.25) is 5.02 Å². The highest BCUT2D eigenvalue weighted by Crippen LogP contribution is 2.35. The lowest BCUT2D eigenvalue weighted by Crippen LogP contribution is -2.38. The third kappa shape index (κ3) is 4.38. The zero-order valence-electron chi connectivity index (χ0n) is 16.8. The summed E-state index contributed by atoms with van der Waals surface area (Å²) in [5, 5.41) is 8.43. The average molecular weight is 454 g/mol. The lowest BCUT2D eigenvalue weighted by atomic mass is 9.98. The zero-order chi connectivity index (χ0) is 22.7. The molecule has 1 aliphatic rings. The Morgan fingerprint density at radius 1 is 0.969 bits per heavy atom. The van der Waals surface area contributed by atoms with Gasteiger partial charge in [-0.15, -0.1) is 0 Å². The Kier molecular flexibility index (Phi) is 6.28. The molecule has 0 aliphatic carbocycles. The largest absolute Gasteiger partial charge is 0.343 e. The summed E-state index contributed by atoms with van der Waals surface area (Å²) in [5.74, 6) is -2.46. The van der Waals surface area contributed by atoms with E-state index >= 15 is 0 Å². The van der Waals surface area contributed by atoms with Crippen molar-refractivity contribution in [1.82, 2.24) is 10.3 Å². The second kappa shape index (κ2) is 9.28. The molecule has 1 atom stereocenters. The van der Waals surface area contributed by atoms with E-state index in [-0.39, 0.29) is 12.0 Å². The fourth-order valence-electron chi connectivity index (χ4n) is 3.56. The standard InChI is InChI=1S/C24H18ClF2N3O2/c25-18-10-4-1-7-15(18)21-13-22(16-8-2-5-11-19(16)26)30(29-21)23(31)14-28-24(32)17-9-3-6-12-20(17)27/h1-12,22H,13-14H2,(H,28,32)/t22-/m1/s1. The molecule has 0 radical (unpaired) electrons. The van der Waals surface area contributed by atoms with Gasteiger partial charge in [0.1, 0.15) is 11.6 Å². The molecule has 1 heterocycles. The zero-order valence-corrected chi connectivity index (χ0v) is 17.5. The molecule has 0 aromatic heterocycles. The number of carbonyl (C=O) groups is 2. The number of amides is 2. The van der Waals surface area contributed by atoms with Crippen molar-refractivity contribution in [3.05, 3.63) is 106 Å². The molecule has 1 N–H and O–H groups in total. The second-order valence-electron chi connectivity index (χ2n) is 7.17. The number of benzene rings is 3. The summed E-state index contributed by atoms with van der Waals surface area (Å²) in [6, 6.07) is 17.9. The first-order valence-electron chi connectivity index (χ1n) is 9.87. The van der Waals surface area contributed by atoms with Crippen molar-refractivity contribution >= 4 is 29.1 Å². The van der Waals surface area contributed by atoms with E-state index in [1.54, 1.807) is 42.5 Å². The molecule has 32 heavy (non-hydrogen) atoms. The smallest absolute Gasteiger partial charge is 0.262 e. The molecular formula is C24H18ClF2N3O2. The number of hydrazone groups is 1. The summed E-state index contributed by atoms with van der Waals surface area (Å²) in [6.07, 6.45) is 0.248. The van der Waals surface area contributed by atoms with Gasteiger partial charge in [0.15, 0.2) is 0 Å². The van der Waals surface area contributed by atoms with Gasteiger partial charge in [-0.1, -0.05) is 60.1 Å². The predicted molar refractivity (Wildman–Crippen MR) is 117 cm³/mol. The second-order valence-corrected chi connectivity index (χ2v) is 7.58. The fraction of sp³-hybridized carbons (Fsp3) is 0.125. The molecule has 4 rings (SSSR count). The summed E-state index contributed by atoms with van der Waals surface area (Å²) in [6.45, 7) is -0.433. The van der Waals surface area contributed by atoms with Crippen LogP contribution in [0.1, 0.15) is 33.9 Å². The third-order valence-corrected chi connectivity index (χ3v) is 5.46. The third-order valence-electron chi connectivity index (χ3n) is 5.13. The molecule has 0 saturated heterocycles. The molecule has 8 heteroatoms. The summed E-state index contributed by atoms with van der Waals surface area (Å²) in [4.78, 5) is 25.3. The molecule has 0 unspecified atom stereocenters. The number of halogens is 3. The van der Waals surface area contributed by atoms with Crippen LogP contribution < -0.4 is 5.32 Å². The van der Waals surface area contributed by atoms with Crippen LogP contribution in [0.4, 0.5) is 8.78 Å². The van der Waals surface area contributed by atoms with E-state index in [1.807, 2.05) is 0 Å². The van der Waals surface area contributed by atoms with Gasteiger partial charge in [0.05, 0.1) is 23.9 Å². The van der Waals surface area contributed by atoms with Crippen LogP contribution in [0.3, 0.4) is 0 Å². The van der Waals surface area contributed by atoms with E-state index in [9.17, 15) is 18.4 Å². The molecule has 0 spiro atoms. The number of carbonyl (C=O) groups excluding carboxylic acids is 2. The monoisotopic (exact) mass is 453 g/mol. The fourth-order valence-corrected chi connectivity index (χ4v) is 3.81. The molecule has 0 bridgehead atoms. The van der Waals surface area contributed by atoms with Crippen LogP contribution in [0.15, 0.2) is 77.9 Å². The van der Waals surface area contributed by atoms with E-state index < -0.39 is 36.0 Å². The lowest BCUT2D eigenvalue weighted by molar-refractivity contribution is -0.131. The van der Waals surface area contributed by atoms with Crippen molar-refractivity contribution in [2.75, 3.05) is 6.54 Å². The normalized spacial score (nSPS) is 15.4. The summed E-state index contributed by atoms with van der Waals surface area (Å²) < 4.78 is 28.4. The van der Waals surface area contributed by atoms with E-state index in [4.69, 9.17) is 11.6 Å². The number of nitrogens with zero attached hydrogens (tertiary/aromatic N) is 2. The summed E-state index contributed by atoms with van der Waals surface area (Å²) >= 11 is 6.29. The highest BCUT2D eigenvalue weighted by molar-refractivity contribution is 6.34. The molecule has 0 saturated carbocycles. The van der Waals surface area contributed by atoms with E-state index in [2.05, 4.69) is 10.4 Å². The maximum absolute atomic E-state index is 14.5. The van der Waals surface area contributed by atoms with E-state index in [0.29, 0.717) is 21.9 Å². The van der Waals surface area contributed by atoms with Crippen molar-refractivity contribution < 1.29 is 18.4 Å². The Labute approximate surface area is 188 Å². The molecular weight excluding hydrogens is 436 g/mol. The highest BCUT2D eigenvalue weighted by Gasteiger charge is 2.35. The number of nitrogens with one attached hydrogen (secondary N) is 1. The van der Waals surface area contributed by atoms with Crippen molar-refractivity contribution in [2.45, 2.75) is 12.5 Å². The van der Waals surface area contributed by atoms with Crippen molar-refractivity contribution in [3.63, 3.8) is 0 Å². The van der Waals surface area contributed by atoms with Gasteiger partial charge in [-0.05, 0) is 24.3 Å². The number of rotatable bonds is 5. The number of hydrogen-bond acceptors (Lipinski definition) is 3. The topological polar surface area (TPSA) is 61.8 Å². The van der Waals surface area contributed by atoms with Gasteiger partial charge in [0, 0.05) is 22.6 Å². The van der Waals surface area contributed by atoms with Crippen LogP contribution in [0.5, 0.6) is 0 Å². The molecule has 1 aliphatic heterocycles. The van der Waals surface area contributed by atoms with Crippen molar-refractivity contribution in [1.29, 1.82) is 0 Å². The summed E-state index contributed by atoms with van der Waals surface area (Å²) in [5.41, 5.74) is 1.29. The molecule has 2 amide bonds. The SMILES string of the molecule is O=C(NCC(=O)N1N=C(c2ccccc2Cl)C[C@@H]1c1ccccc1F)c1ccccc1F. The quantitative estimate of drug-likeness (QED) is 0.607. The first-order chi connectivity index (χ1) is 15.5. The maximum atomic E-state index is 14.5. The minimum atomic E-state index is -0.728. The predicted octanol–water partition coefficient (Wildman–Crippen LogP) is 4.73. The first-order valence-corrected chi connectivity index (χ1v) is 10.2. The molecule has 5 nitrogen and oxygen atoms in total. The van der Waals surface area contributed by atoms with Crippen LogP contribution >= 0.6 is 11.6 Å². The van der Waals surface area contributed by atoms with Crippen LogP contribution in [-0.2, 0) is 4.79 Å². The Morgan fingerprint density at radius 3 is 2.34 bits per heavy atom. The van der Waals surface area contributed by atoms with E-state index in [0.717, 1.165) is 11.1 Å². The minimum Gasteiger partial charge on any atom is -0.343 e. The Balaban J connectivity index is 1.59. The van der Waals surface area contributed by atoms with Crippen LogP contribution in [0, 0.1) is 11.6 Å². The van der Waals surface area contributed by atoms with Gasteiger partial charge in [0.2, 0.25) is 0 Å². The Morgan fingerprint density at radius 2 is 1.62 bits per heavy atom. The highest BCUT2D eigenvalue weighted by atomic mass is 35.5. The first kappa shape index (κ1) is 21.6. The Bertz CT molecular complexity index is 1220. The van der Waals surface area contributed by atoms with E-state index in [1.165, 1.54) is 24.3 Å². The maximum Gasteiger partial charge on any atom is 0.262 e. The van der Waals surface area contributed by atoms with Gasteiger partial charge in [-0.3, -0.25) is 9.59 Å². The minimum absolute atomic E-state index is 0.173. The summed E-state index contributed by atoms with van der Waals surface area (Å²) in [7, 11) is 0. The van der Waals surface area contributed by atoms with Gasteiger partial charge in [0.25, 0.3) is 11.8 Å². The van der Waals surface area contributed by atoms with Crippen LogP contribution in [0.25, 0.3) is 0 Å². The van der Waals surface area contributed by atoms with Crippen molar-refractivity contribution in [3.8, 4) is 0 Å².